The van der Waals surface area contributed by atoms with Crippen LogP contribution in [0.5, 0.6) is 0 Å². The Hall–Kier alpha value is -2.88. The van der Waals surface area contributed by atoms with Crippen LogP contribution in [0.1, 0.15) is 51.5 Å². The number of benzene rings is 1. The molecule has 0 aliphatic carbocycles. The molecular weight excluding hydrogens is 332 g/mol. The fourth-order valence-electron chi connectivity index (χ4n) is 2.98. The maximum Gasteiger partial charge on any atom is 0.325 e. The van der Waals surface area contributed by atoms with Crippen molar-refractivity contribution in [2.24, 2.45) is 0 Å². The first kappa shape index (κ1) is 19.4. The van der Waals surface area contributed by atoms with Gasteiger partial charge in [0.15, 0.2) is 0 Å². The van der Waals surface area contributed by atoms with Crippen LogP contribution in [0.3, 0.4) is 0 Å². The molecule has 0 radical (unpaired) electrons. The first-order chi connectivity index (χ1) is 12.4. The molecule has 7 heteroatoms. The first-order valence-electron chi connectivity index (χ1n) is 8.84. The Labute approximate surface area is 153 Å². The summed E-state index contributed by atoms with van der Waals surface area (Å²) in [5, 5.41) is 14.2. The maximum absolute atomic E-state index is 12.6. The minimum atomic E-state index is -0.953. The molecule has 0 aromatic heterocycles. The lowest BCUT2D eigenvalue weighted by Gasteiger charge is -2.21. The van der Waals surface area contributed by atoms with Gasteiger partial charge in [-0.2, -0.15) is 5.26 Å². The molecule has 0 saturated carbocycles. The van der Waals surface area contributed by atoms with Gasteiger partial charge in [0, 0.05) is 5.69 Å². The number of nitrogens with zero attached hydrogens (tertiary/aromatic N) is 2. The molecule has 1 saturated heterocycles. The molecule has 1 aliphatic heterocycles. The summed E-state index contributed by atoms with van der Waals surface area (Å²) < 4.78 is 0. The molecule has 26 heavy (non-hydrogen) atoms. The summed E-state index contributed by atoms with van der Waals surface area (Å²) in [7, 11) is 0. The Morgan fingerprint density at radius 2 is 2.08 bits per heavy atom. The number of nitrogens with one attached hydrogen (secondary N) is 2. The Bertz CT molecular complexity index is 741. The van der Waals surface area contributed by atoms with E-state index in [1.165, 1.54) is 6.07 Å². The van der Waals surface area contributed by atoms with Gasteiger partial charge in [0.2, 0.25) is 5.91 Å². The second-order valence-electron chi connectivity index (χ2n) is 6.71. The lowest BCUT2D eigenvalue weighted by atomic mass is 9.94. The third kappa shape index (κ3) is 4.60. The molecule has 7 nitrogen and oxygen atoms in total. The van der Waals surface area contributed by atoms with Gasteiger partial charge < -0.3 is 10.6 Å². The summed E-state index contributed by atoms with van der Waals surface area (Å²) in [5.74, 6) is -0.862. The molecule has 1 aromatic carbocycles. The first-order valence-corrected chi connectivity index (χ1v) is 8.84. The summed E-state index contributed by atoms with van der Waals surface area (Å²) in [6.07, 6.45) is 4.59. The van der Waals surface area contributed by atoms with Crippen LogP contribution in [0.25, 0.3) is 0 Å². The van der Waals surface area contributed by atoms with Crippen molar-refractivity contribution >= 4 is 23.5 Å². The number of hydrogen-bond donors (Lipinski definition) is 2. The number of amides is 4. The van der Waals surface area contributed by atoms with Gasteiger partial charge in [-0.1, -0.05) is 38.7 Å². The molecule has 138 valence electrons. The van der Waals surface area contributed by atoms with E-state index in [2.05, 4.69) is 17.6 Å². The number of imide groups is 1. The molecule has 2 rings (SSSR count). The third-order valence-corrected chi connectivity index (χ3v) is 4.45. The zero-order valence-electron chi connectivity index (χ0n) is 15.2. The van der Waals surface area contributed by atoms with Gasteiger partial charge in [0.1, 0.15) is 12.1 Å². The Balaban J connectivity index is 1.96. The van der Waals surface area contributed by atoms with Crippen molar-refractivity contribution in [3.8, 4) is 6.07 Å². The molecule has 1 aromatic rings. The molecule has 2 N–H and O–H groups in total. The average Bonchev–Trinajstić information content (AvgIpc) is 2.82. The van der Waals surface area contributed by atoms with Crippen LogP contribution >= 0.6 is 0 Å². The zero-order valence-corrected chi connectivity index (χ0v) is 15.2. The molecule has 1 aliphatic rings. The Kier molecular flexibility index (Phi) is 6.34. The maximum atomic E-state index is 12.6. The predicted molar refractivity (Wildman–Crippen MR) is 97.2 cm³/mol. The van der Waals surface area contributed by atoms with Crippen LogP contribution in [-0.2, 0) is 9.59 Å². The van der Waals surface area contributed by atoms with Crippen LogP contribution in [0.2, 0.25) is 0 Å². The summed E-state index contributed by atoms with van der Waals surface area (Å²) in [6.45, 7) is 3.45. The van der Waals surface area contributed by atoms with Crippen molar-refractivity contribution in [3.63, 3.8) is 0 Å². The number of unbranched alkanes of at least 4 members (excludes halogenated alkanes) is 3. The summed E-state index contributed by atoms with van der Waals surface area (Å²) in [5.41, 5.74) is -0.0906. The molecule has 1 unspecified atom stereocenters. The van der Waals surface area contributed by atoms with E-state index in [1.54, 1.807) is 25.1 Å². The SMILES string of the molecule is CCCCCCC1(C)NC(=O)N(CC(=O)Nc2cccc(C#N)c2)C1=O. The van der Waals surface area contributed by atoms with Crippen LogP contribution in [0.4, 0.5) is 10.5 Å². The van der Waals surface area contributed by atoms with E-state index in [9.17, 15) is 14.4 Å². The molecule has 1 heterocycles. The van der Waals surface area contributed by atoms with Gasteiger partial charge in [0.25, 0.3) is 5.91 Å². The number of nitriles is 1. The fourth-order valence-corrected chi connectivity index (χ4v) is 2.98. The van der Waals surface area contributed by atoms with Gasteiger partial charge >= 0.3 is 6.03 Å². The average molecular weight is 356 g/mol. The fraction of sp³-hybridized carbons (Fsp3) is 0.474. The highest BCUT2D eigenvalue weighted by molar-refractivity contribution is 6.09. The second kappa shape index (κ2) is 8.48. The highest BCUT2D eigenvalue weighted by Gasteiger charge is 2.47. The van der Waals surface area contributed by atoms with Crippen molar-refractivity contribution in [1.82, 2.24) is 10.2 Å². The lowest BCUT2D eigenvalue weighted by molar-refractivity contribution is -0.133. The number of rotatable bonds is 8. The molecule has 0 bridgehead atoms. The number of carbonyl (C=O) groups excluding carboxylic acids is 3. The van der Waals surface area contributed by atoms with E-state index in [1.807, 2.05) is 6.07 Å². The van der Waals surface area contributed by atoms with Crippen molar-refractivity contribution in [2.75, 3.05) is 11.9 Å². The molecule has 4 amide bonds. The number of anilines is 1. The lowest BCUT2D eigenvalue weighted by Crippen LogP contribution is -2.44. The van der Waals surface area contributed by atoms with E-state index in [-0.39, 0.29) is 12.5 Å². The van der Waals surface area contributed by atoms with Gasteiger partial charge in [-0.25, -0.2) is 4.79 Å². The van der Waals surface area contributed by atoms with Gasteiger partial charge in [-0.05, 0) is 31.5 Å². The highest BCUT2D eigenvalue weighted by atomic mass is 16.2. The molecule has 1 atom stereocenters. The topological polar surface area (TPSA) is 102 Å². The van der Waals surface area contributed by atoms with Crippen molar-refractivity contribution in [1.29, 1.82) is 5.26 Å². The molecule has 0 spiro atoms. The number of hydrogen-bond acceptors (Lipinski definition) is 4. The largest absolute Gasteiger partial charge is 0.325 e. The van der Waals surface area contributed by atoms with E-state index in [0.717, 1.165) is 30.6 Å². The van der Waals surface area contributed by atoms with Crippen LogP contribution < -0.4 is 10.6 Å². The Morgan fingerprint density at radius 3 is 2.77 bits per heavy atom. The second-order valence-corrected chi connectivity index (χ2v) is 6.71. The molecular formula is C19H24N4O3. The number of carbonyl (C=O) groups is 3. The predicted octanol–water partition coefficient (Wildman–Crippen LogP) is 2.78. The Morgan fingerprint density at radius 1 is 1.31 bits per heavy atom. The standard InChI is InChI=1S/C19H24N4O3/c1-3-4-5-6-10-19(2)17(25)23(18(26)22-19)13-16(24)21-15-9-7-8-14(11-15)12-20/h7-9,11H,3-6,10,13H2,1-2H3,(H,21,24)(H,22,26). The third-order valence-electron chi connectivity index (χ3n) is 4.45. The zero-order chi connectivity index (χ0) is 19.2. The molecule has 1 fully saturated rings. The van der Waals surface area contributed by atoms with Crippen molar-refractivity contribution in [2.45, 2.75) is 51.5 Å². The highest BCUT2D eigenvalue weighted by Crippen LogP contribution is 2.24. The van der Waals surface area contributed by atoms with E-state index in [0.29, 0.717) is 17.7 Å². The van der Waals surface area contributed by atoms with Crippen molar-refractivity contribution in [3.05, 3.63) is 29.8 Å². The van der Waals surface area contributed by atoms with Crippen molar-refractivity contribution < 1.29 is 14.4 Å². The summed E-state index contributed by atoms with van der Waals surface area (Å²) in [4.78, 5) is 37.9. The van der Waals surface area contributed by atoms with E-state index >= 15 is 0 Å². The van der Waals surface area contributed by atoms with Gasteiger partial charge in [-0.3, -0.25) is 14.5 Å². The monoisotopic (exact) mass is 356 g/mol. The van der Waals surface area contributed by atoms with Gasteiger partial charge in [-0.15, -0.1) is 0 Å². The van der Waals surface area contributed by atoms with Crippen LogP contribution in [0, 0.1) is 11.3 Å². The number of urea groups is 1. The summed E-state index contributed by atoms with van der Waals surface area (Å²) >= 11 is 0. The van der Waals surface area contributed by atoms with Crippen LogP contribution in [0.15, 0.2) is 24.3 Å². The normalized spacial score (nSPS) is 19.2. The minimum Gasteiger partial charge on any atom is -0.324 e. The minimum absolute atomic E-state index is 0.355. The van der Waals surface area contributed by atoms with Crippen LogP contribution in [-0.4, -0.2) is 34.8 Å². The van der Waals surface area contributed by atoms with E-state index in [4.69, 9.17) is 5.26 Å². The van der Waals surface area contributed by atoms with Gasteiger partial charge in [0.05, 0.1) is 11.6 Å². The van der Waals surface area contributed by atoms with E-state index < -0.39 is 17.5 Å². The smallest absolute Gasteiger partial charge is 0.324 e. The quantitative estimate of drug-likeness (QED) is 0.552. The summed E-state index contributed by atoms with van der Waals surface area (Å²) in [6, 6.07) is 7.88.